The summed E-state index contributed by atoms with van der Waals surface area (Å²) in [6, 6.07) is 0. The van der Waals surface area contributed by atoms with Gasteiger partial charge in [0.25, 0.3) is 0 Å². The van der Waals surface area contributed by atoms with E-state index < -0.39 is 0 Å². The van der Waals surface area contributed by atoms with Crippen molar-refractivity contribution >= 4 is 0 Å². The lowest BCUT2D eigenvalue weighted by molar-refractivity contribution is 0.158. The monoisotopic (exact) mass is 155 g/mol. The summed E-state index contributed by atoms with van der Waals surface area (Å²) < 4.78 is 4.98. The SMILES string of the molecule is C1=CCOCC1.C1CCNC1. The Morgan fingerprint density at radius 2 is 1.91 bits per heavy atom. The van der Waals surface area contributed by atoms with Crippen LogP contribution in [0.25, 0.3) is 0 Å². The van der Waals surface area contributed by atoms with Gasteiger partial charge in [-0.3, -0.25) is 0 Å². The molecule has 0 bridgehead atoms. The predicted molar refractivity (Wildman–Crippen MR) is 46.7 cm³/mol. The van der Waals surface area contributed by atoms with Crippen LogP contribution >= 0.6 is 0 Å². The van der Waals surface area contributed by atoms with E-state index in [4.69, 9.17) is 4.74 Å². The number of rotatable bonds is 0. The topological polar surface area (TPSA) is 21.3 Å². The molecule has 0 aliphatic carbocycles. The molecule has 0 aromatic carbocycles. The highest BCUT2D eigenvalue weighted by Gasteiger charge is 1.93. The molecular formula is C9H17NO. The molecule has 0 radical (unpaired) electrons. The first kappa shape index (κ1) is 8.75. The van der Waals surface area contributed by atoms with E-state index in [0.29, 0.717) is 0 Å². The van der Waals surface area contributed by atoms with Crippen molar-refractivity contribution in [2.24, 2.45) is 0 Å². The van der Waals surface area contributed by atoms with Gasteiger partial charge in [-0.2, -0.15) is 0 Å². The molecule has 0 aromatic rings. The molecule has 2 aliphatic rings. The normalized spacial score (nSPS) is 22.5. The fourth-order valence-electron chi connectivity index (χ4n) is 1.11. The molecule has 1 N–H and O–H groups in total. The Balaban J connectivity index is 0.000000112. The third kappa shape index (κ3) is 4.99. The van der Waals surface area contributed by atoms with Gasteiger partial charge >= 0.3 is 0 Å². The van der Waals surface area contributed by atoms with Gasteiger partial charge in [-0.1, -0.05) is 12.2 Å². The summed E-state index contributed by atoms with van der Waals surface area (Å²) in [6.45, 7) is 4.23. The zero-order valence-corrected chi connectivity index (χ0v) is 7.01. The van der Waals surface area contributed by atoms with Crippen LogP contribution in [0, 0.1) is 0 Å². The molecule has 2 heteroatoms. The van der Waals surface area contributed by atoms with Crippen molar-refractivity contribution in [3.8, 4) is 0 Å². The molecule has 1 fully saturated rings. The van der Waals surface area contributed by atoms with Gasteiger partial charge in [0, 0.05) is 0 Å². The number of hydrogen-bond acceptors (Lipinski definition) is 2. The van der Waals surface area contributed by atoms with Crippen molar-refractivity contribution < 1.29 is 4.74 Å². The summed E-state index contributed by atoms with van der Waals surface area (Å²) in [5.41, 5.74) is 0. The lowest BCUT2D eigenvalue weighted by Crippen LogP contribution is -2.03. The van der Waals surface area contributed by atoms with Gasteiger partial charge < -0.3 is 10.1 Å². The van der Waals surface area contributed by atoms with Gasteiger partial charge in [0.05, 0.1) is 13.2 Å². The van der Waals surface area contributed by atoms with Crippen molar-refractivity contribution in [1.29, 1.82) is 0 Å². The number of hydrogen-bond donors (Lipinski definition) is 1. The quantitative estimate of drug-likeness (QED) is 0.533. The average molecular weight is 155 g/mol. The van der Waals surface area contributed by atoms with E-state index in [0.717, 1.165) is 19.6 Å². The second-order valence-corrected chi connectivity index (χ2v) is 2.79. The van der Waals surface area contributed by atoms with Crippen LogP contribution in [0.1, 0.15) is 19.3 Å². The molecule has 2 nitrogen and oxygen atoms in total. The zero-order chi connectivity index (χ0) is 7.78. The van der Waals surface area contributed by atoms with Crippen LogP contribution in [0.15, 0.2) is 12.2 Å². The fourth-order valence-corrected chi connectivity index (χ4v) is 1.11. The summed E-state index contributed by atoms with van der Waals surface area (Å²) in [5.74, 6) is 0. The van der Waals surface area contributed by atoms with Crippen molar-refractivity contribution in [3.05, 3.63) is 12.2 Å². The second kappa shape index (κ2) is 6.38. The molecule has 1 saturated heterocycles. The summed E-state index contributed by atoms with van der Waals surface area (Å²) >= 11 is 0. The highest BCUT2D eigenvalue weighted by atomic mass is 16.5. The molecule has 0 unspecified atom stereocenters. The summed E-state index contributed by atoms with van der Waals surface area (Å²) in [6.07, 6.45) is 8.06. The largest absolute Gasteiger partial charge is 0.377 e. The zero-order valence-electron chi connectivity index (χ0n) is 7.01. The molecule has 2 rings (SSSR count). The van der Waals surface area contributed by atoms with Crippen LogP contribution < -0.4 is 5.32 Å². The second-order valence-electron chi connectivity index (χ2n) is 2.79. The standard InChI is InChI=1S/C5H8O.C4H9N/c1-2-4-6-5-3-1;1-2-4-5-3-1/h1-2H,3-5H2;5H,1-4H2. The lowest BCUT2D eigenvalue weighted by Gasteiger charge is -2.00. The van der Waals surface area contributed by atoms with Crippen LogP contribution in [-0.4, -0.2) is 26.3 Å². The van der Waals surface area contributed by atoms with Gasteiger partial charge in [0.15, 0.2) is 0 Å². The van der Waals surface area contributed by atoms with Crippen molar-refractivity contribution in [1.82, 2.24) is 5.32 Å². The Hall–Kier alpha value is -0.340. The smallest absolute Gasteiger partial charge is 0.0647 e. The highest BCUT2D eigenvalue weighted by Crippen LogP contribution is 1.91. The van der Waals surface area contributed by atoms with E-state index in [9.17, 15) is 0 Å². The molecule has 0 amide bonds. The molecule has 0 spiro atoms. The average Bonchev–Trinajstić information content (AvgIpc) is 2.64. The van der Waals surface area contributed by atoms with E-state index in [-0.39, 0.29) is 0 Å². The van der Waals surface area contributed by atoms with Crippen molar-refractivity contribution in [2.45, 2.75) is 19.3 Å². The third-order valence-electron chi connectivity index (χ3n) is 1.77. The Kier molecular flexibility index (Phi) is 5.07. The van der Waals surface area contributed by atoms with E-state index in [1.807, 2.05) is 6.08 Å². The van der Waals surface area contributed by atoms with E-state index in [1.54, 1.807) is 0 Å². The molecule has 2 aliphatic heterocycles. The van der Waals surface area contributed by atoms with Crippen LogP contribution in [0.5, 0.6) is 0 Å². The minimum absolute atomic E-state index is 0.819. The first-order valence-electron chi connectivity index (χ1n) is 4.43. The molecule has 2 heterocycles. The Bertz CT molecular complexity index is 92.5. The molecule has 64 valence electrons. The first-order valence-corrected chi connectivity index (χ1v) is 4.43. The van der Waals surface area contributed by atoms with Crippen LogP contribution in [0.4, 0.5) is 0 Å². The van der Waals surface area contributed by atoms with Gasteiger partial charge in [-0.05, 0) is 32.4 Å². The van der Waals surface area contributed by atoms with Gasteiger partial charge in [0.1, 0.15) is 0 Å². The number of ether oxygens (including phenoxy) is 1. The summed E-state index contributed by atoms with van der Waals surface area (Å²) in [5, 5.41) is 3.22. The lowest BCUT2D eigenvalue weighted by atomic mass is 10.3. The first-order chi connectivity index (χ1) is 5.50. The Morgan fingerprint density at radius 3 is 2.09 bits per heavy atom. The maximum atomic E-state index is 4.98. The van der Waals surface area contributed by atoms with E-state index in [2.05, 4.69) is 11.4 Å². The summed E-state index contributed by atoms with van der Waals surface area (Å²) in [4.78, 5) is 0. The van der Waals surface area contributed by atoms with Gasteiger partial charge in [0.2, 0.25) is 0 Å². The maximum Gasteiger partial charge on any atom is 0.0647 e. The maximum absolute atomic E-state index is 4.98. The van der Waals surface area contributed by atoms with Crippen LogP contribution in [0.2, 0.25) is 0 Å². The van der Waals surface area contributed by atoms with Crippen molar-refractivity contribution in [3.63, 3.8) is 0 Å². The number of nitrogens with one attached hydrogen (secondary N) is 1. The summed E-state index contributed by atoms with van der Waals surface area (Å²) in [7, 11) is 0. The predicted octanol–water partition coefficient (Wildman–Crippen LogP) is 1.33. The van der Waals surface area contributed by atoms with E-state index in [1.165, 1.54) is 25.9 Å². The van der Waals surface area contributed by atoms with Gasteiger partial charge in [-0.25, -0.2) is 0 Å². The third-order valence-corrected chi connectivity index (χ3v) is 1.77. The van der Waals surface area contributed by atoms with Gasteiger partial charge in [-0.15, -0.1) is 0 Å². The highest BCUT2D eigenvalue weighted by molar-refractivity contribution is 4.84. The minimum atomic E-state index is 0.819. The molecule has 0 atom stereocenters. The van der Waals surface area contributed by atoms with Crippen LogP contribution in [-0.2, 0) is 4.74 Å². The fraction of sp³-hybridized carbons (Fsp3) is 0.778. The minimum Gasteiger partial charge on any atom is -0.377 e. The Morgan fingerprint density at radius 1 is 1.09 bits per heavy atom. The van der Waals surface area contributed by atoms with E-state index >= 15 is 0 Å². The molecule has 0 aromatic heterocycles. The Labute approximate surface area is 68.6 Å². The van der Waals surface area contributed by atoms with Crippen molar-refractivity contribution in [2.75, 3.05) is 26.3 Å². The molecule has 0 saturated carbocycles. The van der Waals surface area contributed by atoms with Crippen LogP contribution in [0.3, 0.4) is 0 Å². The molecular weight excluding hydrogens is 138 g/mol. The molecule has 11 heavy (non-hydrogen) atoms.